The summed E-state index contributed by atoms with van der Waals surface area (Å²) in [4.78, 5) is 0. The molecule has 0 bridgehead atoms. The molecule has 0 saturated heterocycles. The van der Waals surface area contributed by atoms with Crippen LogP contribution in [0.25, 0.3) is 11.3 Å². The minimum atomic E-state index is 0.452. The lowest BCUT2D eigenvalue weighted by Crippen LogP contribution is -2.03. The smallest absolute Gasteiger partial charge is 0.159 e. The molecule has 1 saturated carbocycles. The molecule has 2 aromatic rings. The number of nitrogens with zero attached hydrogens (tertiary/aromatic N) is 1. The Labute approximate surface area is 118 Å². The summed E-state index contributed by atoms with van der Waals surface area (Å²) in [6, 6.07) is 8.23. The van der Waals surface area contributed by atoms with Crippen LogP contribution in [0.3, 0.4) is 0 Å². The maximum absolute atomic E-state index is 6.48. The Bertz CT molecular complexity index is 553. The summed E-state index contributed by atoms with van der Waals surface area (Å²) in [5.41, 5.74) is 3.04. The van der Waals surface area contributed by atoms with Crippen LogP contribution < -0.4 is 0 Å². The first-order valence-corrected chi connectivity index (χ1v) is 7.35. The highest BCUT2D eigenvalue weighted by molar-refractivity contribution is 6.33. The number of rotatable bonds is 2. The first kappa shape index (κ1) is 12.7. The predicted molar refractivity (Wildman–Crippen MR) is 77.5 cm³/mol. The topological polar surface area (TPSA) is 26.0 Å². The van der Waals surface area contributed by atoms with Crippen molar-refractivity contribution in [2.24, 2.45) is 0 Å². The Kier molecular flexibility index (Phi) is 3.61. The summed E-state index contributed by atoms with van der Waals surface area (Å²) in [6.45, 7) is 2.07. The van der Waals surface area contributed by atoms with E-state index in [9.17, 15) is 0 Å². The van der Waals surface area contributed by atoms with E-state index in [1.807, 2.05) is 12.1 Å². The van der Waals surface area contributed by atoms with Crippen LogP contribution in [0.15, 0.2) is 28.8 Å². The monoisotopic (exact) mass is 275 g/mol. The molecule has 0 unspecified atom stereocenters. The van der Waals surface area contributed by atoms with Crippen molar-refractivity contribution in [3.8, 4) is 11.3 Å². The van der Waals surface area contributed by atoms with Crippen molar-refractivity contribution < 1.29 is 4.52 Å². The van der Waals surface area contributed by atoms with Crippen LogP contribution in [0, 0.1) is 6.92 Å². The number of aryl methyl sites for hydroxylation is 1. The standard InChI is InChI=1S/C16H18ClNO/c1-11-7-9-12(10-8-11)15-14(17)16(19-18-15)13-5-3-2-4-6-13/h7-10,13H,2-6H2,1H3. The zero-order valence-corrected chi connectivity index (χ0v) is 11.9. The van der Waals surface area contributed by atoms with Gasteiger partial charge in [0.2, 0.25) is 0 Å². The maximum atomic E-state index is 6.48. The quantitative estimate of drug-likeness (QED) is 0.738. The number of hydrogen-bond acceptors (Lipinski definition) is 2. The van der Waals surface area contributed by atoms with Gasteiger partial charge in [-0.3, -0.25) is 0 Å². The molecule has 3 heteroatoms. The van der Waals surface area contributed by atoms with Crippen LogP contribution in [-0.4, -0.2) is 5.16 Å². The second kappa shape index (κ2) is 5.38. The van der Waals surface area contributed by atoms with Crippen molar-refractivity contribution in [3.05, 3.63) is 40.6 Å². The van der Waals surface area contributed by atoms with E-state index < -0.39 is 0 Å². The first-order chi connectivity index (χ1) is 9.25. The Morgan fingerprint density at radius 2 is 1.79 bits per heavy atom. The van der Waals surface area contributed by atoms with Crippen molar-refractivity contribution in [3.63, 3.8) is 0 Å². The van der Waals surface area contributed by atoms with Crippen molar-refractivity contribution >= 4 is 11.6 Å². The molecule has 1 heterocycles. The van der Waals surface area contributed by atoms with Crippen molar-refractivity contribution in [1.82, 2.24) is 5.16 Å². The Morgan fingerprint density at radius 3 is 2.47 bits per heavy atom. The lowest BCUT2D eigenvalue weighted by atomic mass is 9.87. The minimum absolute atomic E-state index is 0.452. The van der Waals surface area contributed by atoms with Crippen molar-refractivity contribution in [2.45, 2.75) is 44.9 Å². The lowest BCUT2D eigenvalue weighted by molar-refractivity contribution is 0.322. The first-order valence-electron chi connectivity index (χ1n) is 6.98. The van der Waals surface area contributed by atoms with E-state index in [2.05, 4.69) is 24.2 Å². The molecule has 100 valence electrons. The SMILES string of the molecule is Cc1ccc(-c2noc(C3CCCCC3)c2Cl)cc1. The Morgan fingerprint density at radius 1 is 1.11 bits per heavy atom. The van der Waals surface area contributed by atoms with Gasteiger partial charge in [0.15, 0.2) is 5.76 Å². The van der Waals surface area contributed by atoms with Crippen LogP contribution in [-0.2, 0) is 0 Å². The molecule has 1 aromatic heterocycles. The van der Waals surface area contributed by atoms with E-state index in [1.54, 1.807) is 0 Å². The van der Waals surface area contributed by atoms with Gasteiger partial charge in [0, 0.05) is 11.5 Å². The zero-order chi connectivity index (χ0) is 13.2. The molecule has 0 aliphatic heterocycles. The van der Waals surface area contributed by atoms with Crippen LogP contribution in [0.5, 0.6) is 0 Å². The number of hydrogen-bond donors (Lipinski definition) is 0. The second-order valence-electron chi connectivity index (χ2n) is 5.41. The zero-order valence-electron chi connectivity index (χ0n) is 11.2. The number of halogens is 1. The lowest BCUT2D eigenvalue weighted by Gasteiger charge is -2.18. The van der Waals surface area contributed by atoms with Crippen molar-refractivity contribution in [2.75, 3.05) is 0 Å². The molecular formula is C16H18ClNO. The molecule has 1 aliphatic carbocycles. The third-order valence-corrected chi connectivity index (χ3v) is 4.33. The third-order valence-electron chi connectivity index (χ3n) is 3.96. The molecule has 1 aliphatic rings. The molecule has 3 rings (SSSR count). The fourth-order valence-electron chi connectivity index (χ4n) is 2.80. The maximum Gasteiger partial charge on any atom is 0.159 e. The summed E-state index contributed by atoms with van der Waals surface area (Å²) < 4.78 is 5.54. The molecule has 0 amide bonds. The molecule has 0 radical (unpaired) electrons. The highest BCUT2D eigenvalue weighted by Gasteiger charge is 2.25. The van der Waals surface area contributed by atoms with Gasteiger partial charge in [0.25, 0.3) is 0 Å². The van der Waals surface area contributed by atoms with E-state index in [0.717, 1.165) is 17.0 Å². The molecular weight excluding hydrogens is 258 g/mol. The second-order valence-corrected chi connectivity index (χ2v) is 5.79. The van der Waals surface area contributed by atoms with Gasteiger partial charge in [-0.15, -0.1) is 0 Å². The van der Waals surface area contributed by atoms with Gasteiger partial charge >= 0.3 is 0 Å². The van der Waals surface area contributed by atoms with Gasteiger partial charge in [-0.1, -0.05) is 65.8 Å². The molecule has 0 atom stereocenters. The third kappa shape index (κ3) is 2.55. The summed E-state index contributed by atoms with van der Waals surface area (Å²) in [5, 5.41) is 4.89. The Hall–Kier alpha value is -1.28. The highest BCUT2D eigenvalue weighted by atomic mass is 35.5. The molecule has 2 nitrogen and oxygen atoms in total. The van der Waals surface area contributed by atoms with E-state index in [-0.39, 0.29) is 0 Å². The highest BCUT2D eigenvalue weighted by Crippen LogP contribution is 2.40. The van der Waals surface area contributed by atoms with E-state index in [1.165, 1.54) is 37.7 Å². The number of aromatic nitrogens is 1. The van der Waals surface area contributed by atoms with Crippen LogP contribution >= 0.6 is 11.6 Å². The number of benzene rings is 1. The van der Waals surface area contributed by atoms with Crippen LogP contribution in [0.4, 0.5) is 0 Å². The predicted octanol–water partition coefficient (Wildman–Crippen LogP) is 5.35. The van der Waals surface area contributed by atoms with E-state index in [0.29, 0.717) is 10.9 Å². The fourth-order valence-corrected chi connectivity index (χ4v) is 3.13. The average Bonchev–Trinajstić information content (AvgIpc) is 2.83. The Balaban J connectivity index is 1.91. The van der Waals surface area contributed by atoms with Gasteiger partial charge in [-0.25, -0.2) is 0 Å². The van der Waals surface area contributed by atoms with Gasteiger partial charge in [-0.05, 0) is 19.8 Å². The van der Waals surface area contributed by atoms with Gasteiger partial charge in [-0.2, -0.15) is 0 Å². The van der Waals surface area contributed by atoms with E-state index >= 15 is 0 Å². The van der Waals surface area contributed by atoms with Crippen LogP contribution in [0.1, 0.15) is 49.3 Å². The minimum Gasteiger partial charge on any atom is -0.359 e. The summed E-state index contributed by atoms with van der Waals surface area (Å²) in [7, 11) is 0. The molecule has 1 fully saturated rings. The van der Waals surface area contributed by atoms with Gasteiger partial charge in [0.1, 0.15) is 10.7 Å². The fraction of sp³-hybridized carbons (Fsp3) is 0.438. The molecule has 1 aromatic carbocycles. The molecule has 0 N–H and O–H groups in total. The van der Waals surface area contributed by atoms with Crippen molar-refractivity contribution in [1.29, 1.82) is 0 Å². The van der Waals surface area contributed by atoms with Gasteiger partial charge in [0.05, 0.1) is 0 Å². The summed E-state index contributed by atoms with van der Waals surface area (Å²) >= 11 is 6.48. The summed E-state index contributed by atoms with van der Waals surface area (Å²) in [5.74, 6) is 1.34. The molecule has 19 heavy (non-hydrogen) atoms. The van der Waals surface area contributed by atoms with E-state index in [4.69, 9.17) is 16.1 Å². The van der Waals surface area contributed by atoms with Crippen LogP contribution in [0.2, 0.25) is 5.02 Å². The normalized spacial score (nSPS) is 16.7. The average molecular weight is 276 g/mol. The van der Waals surface area contributed by atoms with Gasteiger partial charge < -0.3 is 4.52 Å². The summed E-state index contributed by atoms with van der Waals surface area (Å²) in [6.07, 6.45) is 6.20. The molecule has 0 spiro atoms. The largest absolute Gasteiger partial charge is 0.359 e.